The number of aromatic nitrogens is 1. The monoisotopic (exact) mass is 642 g/mol. The molecule has 0 bridgehead atoms. The molecule has 218 valence electrons. The summed E-state index contributed by atoms with van der Waals surface area (Å²) >= 11 is 3.47. The average Bonchev–Trinajstić information content (AvgIpc) is 3.62. The quantitative estimate of drug-likeness (QED) is 0.0918. The molecule has 2 heterocycles. The topological polar surface area (TPSA) is 121 Å². The Bertz CT molecular complexity index is 1760. The number of benzene rings is 3. The Kier molecular flexibility index (Phi) is 9.02. The number of carbonyl (C=O) groups is 1. The molecule has 1 amide bonds. The van der Waals surface area contributed by atoms with Crippen molar-refractivity contribution in [3.63, 3.8) is 0 Å². The number of furan rings is 1. The number of hydrogen-bond acceptors (Lipinski definition) is 7. The summed E-state index contributed by atoms with van der Waals surface area (Å²) in [7, 11) is 0. The number of hydrogen-bond donors (Lipinski definition) is 1. The molecule has 11 heteroatoms. The summed E-state index contributed by atoms with van der Waals surface area (Å²) in [6.07, 6.45) is 1.50. The van der Waals surface area contributed by atoms with Gasteiger partial charge in [0, 0.05) is 29.2 Å². The summed E-state index contributed by atoms with van der Waals surface area (Å²) < 4.78 is 20.1. The molecule has 0 spiro atoms. The molecule has 0 atom stereocenters. The van der Waals surface area contributed by atoms with Gasteiger partial charge in [-0.3, -0.25) is 14.9 Å². The van der Waals surface area contributed by atoms with Crippen molar-refractivity contribution in [2.45, 2.75) is 27.1 Å². The molecule has 43 heavy (non-hydrogen) atoms. The SMILES string of the molecule is Cc1ccc(C)n1-c1ccc(OCc2ccc(C(=O)N/N=C/c3ccc(OCc4ccc([N+](=O)[O-])cc4)c(Br)c3)o2)cc1. The molecule has 0 fully saturated rings. The van der Waals surface area contributed by atoms with Crippen LogP contribution in [0.3, 0.4) is 0 Å². The Morgan fingerprint density at radius 2 is 1.67 bits per heavy atom. The van der Waals surface area contributed by atoms with Gasteiger partial charge in [-0.1, -0.05) is 0 Å². The third-order valence-electron chi connectivity index (χ3n) is 6.51. The van der Waals surface area contributed by atoms with Crippen LogP contribution in [0.25, 0.3) is 5.69 Å². The van der Waals surface area contributed by atoms with Crippen LogP contribution < -0.4 is 14.9 Å². The van der Waals surface area contributed by atoms with Gasteiger partial charge in [0.25, 0.3) is 5.69 Å². The van der Waals surface area contributed by atoms with Gasteiger partial charge >= 0.3 is 5.91 Å². The molecule has 0 aliphatic rings. The lowest BCUT2D eigenvalue weighted by Gasteiger charge is -2.10. The van der Waals surface area contributed by atoms with Gasteiger partial charge in [-0.25, -0.2) is 5.43 Å². The number of nitrogens with zero attached hydrogens (tertiary/aromatic N) is 3. The largest absolute Gasteiger partial charge is 0.488 e. The van der Waals surface area contributed by atoms with E-state index in [2.05, 4.69) is 57.0 Å². The molecule has 5 rings (SSSR count). The number of carbonyl (C=O) groups excluding carboxylic acids is 1. The molecule has 0 radical (unpaired) electrons. The highest BCUT2D eigenvalue weighted by Gasteiger charge is 2.12. The van der Waals surface area contributed by atoms with E-state index >= 15 is 0 Å². The summed E-state index contributed by atoms with van der Waals surface area (Å²) in [5, 5.41) is 14.8. The average molecular weight is 643 g/mol. The number of nitro benzene ring substituents is 1. The molecule has 0 aliphatic carbocycles. The van der Waals surface area contributed by atoms with Crippen LogP contribution in [0.1, 0.15) is 38.8 Å². The lowest BCUT2D eigenvalue weighted by molar-refractivity contribution is -0.384. The molecular weight excluding hydrogens is 616 g/mol. The highest BCUT2D eigenvalue weighted by atomic mass is 79.9. The first kappa shape index (κ1) is 29.3. The van der Waals surface area contributed by atoms with E-state index in [0.717, 1.165) is 28.2 Å². The minimum atomic E-state index is -0.494. The molecule has 10 nitrogen and oxygen atoms in total. The zero-order valence-corrected chi connectivity index (χ0v) is 24.9. The van der Waals surface area contributed by atoms with Crippen LogP contribution in [-0.2, 0) is 13.2 Å². The van der Waals surface area contributed by atoms with Crippen molar-refractivity contribution in [1.82, 2.24) is 9.99 Å². The zero-order valence-electron chi connectivity index (χ0n) is 23.3. The fraction of sp³-hybridized carbons (Fsp3) is 0.125. The molecular formula is C32H27BrN4O6. The van der Waals surface area contributed by atoms with Crippen molar-refractivity contribution in [2.75, 3.05) is 0 Å². The lowest BCUT2D eigenvalue weighted by atomic mass is 10.2. The van der Waals surface area contributed by atoms with Gasteiger partial charge < -0.3 is 18.5 Å². The van der Waals surface area contributed by atoms with Crippen molar-refractivity contribution in [3.8, 4) is 17.2 Å². The van der Waals surface area contributed by atoms with Gasteiger partial charge in [0.05, 0.1) is 15.6 Å². The van der Waals surface area contributed by atoms with E-state index in [1.165, 1.54) is 18.3 Å². The zero-order chi connectivity index (χ0) is 30.3. The number of halogens is 1. The van der Waals surface area contributed by atoms with Gasteiger partial charge in [-0.05, 0) is 120 Å². The van der Waals surface area contributed by atoms with Crippen molar-refractivity contribution < 1.29 is 23.6 Å². The second kappa shape index (κ2) is 13.2. The number of non-ortho nitro benzene ring substituents is 1. The second-order valence-electron chi connectivity index (χ2n) is 9.60. The molecule has 0 unspecified atom stereocenters. The van der Waals surface area contributed by atoms with Crippen LogP contribution in [-0.4, -0.2) is 21.6 Å². The number of rotatable bonds is 11. The third-order valence-corrected chi connectivity index (χ3v) is 7.13. The Morgan fingerprint density at radius 3 is 2.35 bits per heavy atom. The predicted molar refractivity (Wildman–Crippen MR) is 165 cm³/mol. The van der Waals surface area contributed by atoms with Crippen LogP contribution >= 0.6 is 15.9 Å². The molecule has 0 saturated heterocycles. The Morgan fingerprint density at radius 1 is 0.953 bits per heavy atom. The molecule has 5 aromatic rings. The first-order valence-electron chi connectivity index (χ1n) is 13.2. The molecule has 0 saturated carbocycles. The van der Waals surface area contributed by atoms with Gasteiger partial charge in [0.2, 0.25) is 0 Å². The predicted octanol–water partition coefficient (Wildman–Crippen LogP) is 7.28. The van der Waals surface area contributed by atoms with E-state index < -0.39 is 10.8 Å². The molecule has 3 aromatic carbocycles. The highest BCUT2D eigenvalue weighted by Crippen LogP contribution is 2.27. The lowest BCUT2D eigenvalue weighted by Crippen LogP contribution is -2.16. The second-order valence-corrected chi connectivity index (χ2v) is 10.5. The number of ether oxygens (including phenoxy) is 2. The van der Waals surface area contributed by atoms with Crippen molar-refractivity contribution >= 4 is 33.7 Å². The van der Waals surface area contributed by atoms with E-state index in [1.807, 2.05) is 24.3 Å². The summed E-state index contributed by atoms with van der Waals surface area (Å²) in [5.41, 5.74) is 7.37. The van der Waals surface area contributed by atoms with E-state index in [1.54, 1.807) is 42.5 Å². The van der Waals surface area contributed by atoms with Crippen LogP contribution in [0.4, 0.5) is 5.69 Å². The van der Waals surface area contributed by atoms with E-state index in [9.17, 15) is 14.9 Å². The van der Waals surface area contributed by atoms with Gasteiger partial charge in [-0.2, -0.15) is 5.10 Å². The number of amides is 1. The maximum Gasteiger partial charge on any atom is 0.307 e. The van der Waals surface area contributed by atoms with Crippen LogP contribution in [0.2, 0.25) is 0 Å². The van der Waals surface area contributed by atoms with E-state index in [-0.39, 0.29) is 24.7 Å². The van der Waals surface area contributed by atoms with Gasteiger partial charge in [-0.15, -0.1) is 0 Å². The molecule has 1 N–H and O–H groups in total. The fourth-order valence-corrected chi connectivity index (χ4v) is 4.82. The summed E-state index contributed by atoms with van der Waals surface area (Å²) in [6.45, 7) is 4.55. The third kappa shape index (κ3) is 7.38. The smallest absolute Gasteiger partial charge is 0.307 e. The number of hydrazone groups is 1. The Hall–Kier alpha value is -5.16. The van der Waals surface area contributed by atoms with Crippen LogP contribution in [0.5, 0.6) is 11.5 Å². The molecule has 2 aromatic heterocycles. The van der Waals surface area contributed by atoms with Crippen molar-refractivity contribution in [1.29, 1.82) is 0 Å². The number of nitrogens with one attached hydrogen (secondary N) is 1. The van der Waals surface area contributed by atoms with E-state index in [4.69, 9.17) is 13.9 Å². The Labute approximate surface area is 255 Å². The Balaban J connectivity index is 1.09. The van der Waals surface area contributed by atoms with Crippen molar-refractivity contribution in [2.24, 2.45) is 5.10 Å². The minimum Gasteiger partial charge on any atom is -0.488 e. The van der Waals surface area contributed by atoms with Gasteiger partial charge in [0.15, 0.2) is 5.76 Å². The minimum absolute atomic E-state index is 0.0261. The van der Waals surface area contributed by atoms with Crippen LogP contribution in [0, 0.1) is 24.0 Å². The summed E-state index contributed by atoms with van der Waals surface area (Å²) in [4.78, 5) is 22.8. The normalized spacial score (nSPS) is 11.0. The first-order valence-corrected chi connectivity index (χ1v) is 14.0. The molecule has 0 aliphatic heterocycles. The number of aryl methyl sites for hydroxylation is 2. The standard InChI is InChI=1S/C32H27BrN4O6/c1-21-3-4-22(2)36(21)25-10-12-27(13-11-25)41-20-28-14-16-31(43-28)32(38)35-34-18-24-7-15-30(29(33)17-24)42-19-23-5-8-26(9-6-23)37(39)40/h3-18H,19-20H2,1-2H3,(H,35,38)/b34-18+. The maximum absolute atomic E-state index is 12.5. The maximum atomic E-state index is 12.5. The first-order chi connectivity index (χ1) is 20.8. The van der Waals surface area contributed by atoms with Crippen LogP contribution in [0.15, 0.2) is 105 Å². The van der Waals surface area contributed by atoms with E-state index in [0.29, 0.717) is 21.7 Å². The highest BCUT2D eigenvalue weighted by molar-refractivity contribution is 9.10. The number of nitro groups is 1. The fourth-order valence-electron chi connectivity index (χ4n) is 4.31. The van der Waals surface area contributed by atoms with Crippen molar-refractivity contribution in [3.05, 3.63) is 140 Å². The van der Waals surface area contributed by atoms with Gasteiger partial charge in [0.1, 0.15) is 30.5 Å². The summed E-state index contributed by atoms with van der Waals surface area (Å²) in [6, 6.07) is 26.7. The summed E-state index contributed by atoms with van der Waals surface area (Å²) in [5.74, 6) is 1.40.